The maximum Gasteiger partial charge on any atom is 0.335 e. The van der Waals surface area contributed by atoms with Gasteiger partial charge in [0.2, 0.25) is 0 Å². The number of hydrogen-bond donors (Lipinski definition) is 1. The van der Waals surface area contributed by atoms with Gasteiger partial charge >= 0.3 is 5.97 Å². The van der Waals surface area contributed by atoms with E-state index in [0.717, 1.165) is 4.90 Å². The third-order valence-corrected chi connectivity index (χ3v) is 2.76. The van der Waals surface area contributed by atoms with Gasteiger partial charge in [-0.15, -0.1) is 0 Å². The Morgan fingerprint density at radius 1 is 1.56 bits per heavy atom. The van der Waals surface area contributed by atoms with E-state index in [4.69, 9.17) is 5.11 Å². The van der Waals surface area contributed by atoms with Gasteiger partial charge in [0.1, 0.15) is 5.03 Å². The zero-order chi connectivity index (χ0) is 11.5. The van der Waals surface area contributed by atoms with Crippen molar-refractivity contribution in [1.29, 1.82) is 0 Å². The van der Waals surface area contributed by atoms with Crippen molar-refractivity contribution in [2.24, 2.45) is 7.05 Å². The molecule has 0 saturated carbocycles. The van der Waals surface area contributed by atoms with Gasteiger partial charge in [0.05, 0.1) is 16.7 Å². The predicted molar refractivity (Wildman–Crippen MR) is 58.5 cm³/mol. The molecule has 2 aromatic rings. The van der Waals surface area contributed by atoms with E-state index in [2.05, 4.69) is 10.1 Å². The van der Waals surface area contributed by atoms with Crippen LogP contribution >= 0.6 is 11.8 Å². The van der Waals surface area contributed by atoms with Gasteiger partial charge in [-0.05, 0) is 12.1 Å². The van der Waals surface area contributed by atoms with Crippen molar-refractivity contribution in [3.8, 4) is 0 Å². The van der Waals surface area contributed by atoms with E-state index in [0.29, 0.717) is 5.03 Å². The molecule has 0 atom stereocenters. The maximum atomic E-state index is 10.8. The van der Waals surface area contributed by atoms with Crippen LogP contribution in [0.15, 0.2) is 40.6 Å². The third kappa shape index (κ3) is 2.40. The van der Waals surface area contributed by atoms with E-state index in [-0.39, 0.29) is 5.56 Å². The Bertz CT molecular complexity index is 524. The van der Waals surface area contributed by atoms with Crippen molar-refractivity contribution in [2.75, 3.05) is 0 Å². The molecular formula is C10H9N3O2S. The van der Waals surface area contributed by atoms with E-state index in [1.54, 1.807) is 16.9 Å². The largest absolute Gasteiger partial charge is 0.478 e. The summed E-state index contributed by atoms with van der Waals surface area (Å²) in [6.45, 7) is 0. The molecular weight excluding hydrogens is 226 g/mol. The van der Waals surface area contributed by atoms with Gasteiger partial charge in [-0.25, -0.2) is 9.78 Å². The Morgan fingerprint density at radius 3 is 3.00 bits per heavy atom. The molecule has 2 rings (SSSR count). The SMILES string of the molecule is Cn1cc(Sc2cc(C(=O)O)ccn2)cn1. The topological polar surface area (TPSA) is 68.0 Å². The first-order valence-electron chi connectivity index (χ1n) is 4.51. The molecule has 82 valence electrons. The first-order chi connectivity index (χ1) is 7.65. The number of carboxylic acid groups (broad SMARTS) is 1. The average molecular weight is 235 g/mol. The van der Waals surface area contributed by atoms with Crippen molar-refractivity contribution >= 4 is 17.7 Å². The molecule has 0 aliphatic carbocycles. The molecule has 2 aromatic heterocycles. The molecule has 0 aliphatic heterocycles. The van der Waals surface area contributed by atoms with Gasteiger partial charge in [-0.1, -0.05) is 11.8 Å². The normalized spacial score (nSPS) is 10.3. The van der Waals surface area contributed by atoms with Gasteiger partial charge in [0.15, 0.2) is 0 Å². The highest BCUT2D eigenvalue weighted by Crippen LogP contribution is 2.25. The number of aromatic carboxylic acids is 1. The smallest absolute Gasteiger partial charge is 0.335 e. The van der Waals surface area contributed by atoms with Crippen LogP contribution in [0.4, 0.5) is 0 Å². The number of rotatable bonds is 3. The molecule has 0 amide bonds. The lowest BCUT2D eigenvalue weighted by atomic mass is 10.3. The van der Waals surface area contributed by atoms with E-state index >= 15 is 0 Å². The van der Waals surface area contributed by atoms with Crippen LogP contribution in [0.3, 0.4) is 0 Å². The summed E-state index contributed by atoms with van der Waals surface area (Å²) in [5.41, 5.74) is 0.237. The van der Waals surface area contributed by atoms with E-state index in [1.807, 2.05) is 13.2 Å². The van der Waals surface area contributed by atoms with Gasteiger partial charge in [0, 0.05) is 19.4 Å². The summed E-state index contributed by atoms with van der Waals surface area (Å²) in [4.78, 5) is 15.8. The fourth-order valence-corrected chi connectivity index (χ4v) is 2.02. The van der Waals surface area contributed by atoms with Gasteiger partial charge in [-0.2, -0.15) is 5.10 Å². The maximum absolute atomic E-state index is 10.8. The van der Waals surface area contributed by atoms with Crippen LogP contribution in [-0.2, 0) is 7.05 Å². The second-order valence-electron chi connectivity index (χ2n) is 3.14. The number of pyridine rings is 1. The highest BCUT2D eigenvalue weighted by Gasteiger charge is 2.06. The Labute approximate surface area is 96.1 Å². The molecule has 1 N–H and O–H groups in total. The van der Waals surface area contributed by atoms with E-state index in [1.165, 1.54) is 24.0 Å². The van der Waals surface area contributed by atoms with Crippen molar-refractivity contribution < 1.29 is 9.90 Å². The number of aromatic nitrogens is 3. The minimum Gasteiger partial charge on any atom is -0.478 e. The summed E-state index contributed by atoms with van der Waals surface area (Å²) in [5, 5.41) is 13.5. The second-order valence-corrected chi connectivity index (χ2v) is 4.23. The fourth-order valence-electron chi connectivity index (χ4n) is 1.17. The van der Waals surface area contributed by atoms with Crippen LogP contribution in [-0.4, -0.2) is 25.8 Å². The average Bonchev–Trinajstić information content (AvgIpc) is 2.64. The fraction of sp³-hybridized carbons (Fsp3) is 0.100. The van der Waals surface area contributed by atoms with Crippen LogP contribution in [0.1, 0.15) is 10.4 Å². The number of nitrogens with zero attached hydrogens (tertiary/aromatic N) is 3. The molecule has 0 spiro atoms. The zero-order valence-corrected chi connectivity index (χ0v) is 9.31. The van der Waals surface area contributed by atoms with Crippen molar-refractivity contribution in [3.05, 3.63) is 36.3 Å². The summed E-state index contributed by atoms with van der Waals surface area (Å²) in [5.74, 6) is -0.949. The third-order valence-electron chi connectivity index (χ3n) is 1.89. The van der Waals surface area contributed by atoms with Gasteiger partial charge in [-0.3, -0.25) is 4.68 Å². The Hall–Kier alpha value is -1.82. The molecule has 0 fully saturated rings. The molecule has 0 bridgehead atoms. The van der Waals surface area contributed by atoms with Crippen LogP contribution in [0.2, 0.25) is 0 Å². The molecule has 0 saturated heterocycles. The van der Waals surface area contributed by atoms with Crippen LogP contribution < -0.4 is 0 Å². The number of hydrogen-bond acceptors (Lipinski definition) is 4. The molecule has 2 heterocycles. The Kier molecular flexibility index (Phi) is 2.91. The Morgan fingerprint density at radius 2 is 2.38 bits per heavy atom. The first kappa shape index (κ1) is 10.7. The van der Waals surface area contributed by atoms with Crippen LogP contribution in [0.5, 0.6) is 0 Å². The molecule has 0 aliphatic rings. The highest BCUT2D eigenvalue weighted by atomic mass is 32.2. The predicted octanol–water partition coefficient (Wildman–Crippen LogP) is 1.66. The summed E-state index contributed by atoms with van der Waals surface area (Å²) < 4.78 is 1.68. The number of aryl methyl sites for hydroxylation is 1. The minimum atomic E-state index is -0.949. The second kappa shape index (κ2) is 4.36. The molecule has 5 nitrogen and oxygen atoms in total. The molecule has 0 unspecified atom stereocenters. The minimum absolute atomic E-state index is 0.237. The van der Waals surface area contributed by atoms with Gasteiger partial charge < -0.3 is 5.11 Å². The summed E-state index contributed by atoms with van der Waals surface area (Å²) in [6.07, 6.45) is 5.04. The van der Waals surface area contributed by atoms with Gasteiger partial charge in [0.25, 0.3) is 0 Å². The number of carboxylic acids is 1. The summed E-state index contributed by atoms with van der Waals surface area (Å²) >= 11 is 1.38. The highest BCUT2D eigenvalue weighted by molar-refractivity contribution is 7.99. The lowest BCUT2D eigenvalue weighted by Crippen LogP contribution is -1.96. The quantitative estimate of drug-likeness (QED) is 0.876. The monoisotopic (exact) mass is 235 g/mol. The lowest BCUT2D eigenvalue weighted by molar-refractivity contribution is 0.0696. The molecule has 16 heavy (non-hydrogen) atoms. The summed E-state index contributed by atoms with van der Waals surface area (Å²) in [7, 11) is 1.82. The number of carbonyl (C=O) groups is 1. The van der Waals surface area contributed by atoms with Crippen LogP contribution in [0.25, 0.3) is 0 Å². The zero-order valence-electron chi connectivity index (χ0n) is 8.49. The van der Waals surface area contributed by atoms with Crippen molar-refractivity contribution in [2.45, 2.75) is 9.92 Å². The molecule has 6 heteroatoms. The lowest BCUT2D eigenvalue weighted by Gasteiger charge is -1.98. The molecule has 0 aromatic carbocycles. The first-order valence-corrected chi connectivity index (χ1v) is 5.32. The van der Waals surface area contributed by atoms with E-state index < -0.39 is 5.97 Å². The van der Waals surface area contributed by atoms with Crippen molar-refractivity contribution in [3.63, 3.8) is 0 Å². The summed E-state index contributed by atoms with van der Waals surface area (Å²) in [6, 6.07) is 3.01. The standard InChI is InChI=1S/C10H9N3O2S/c1-13-6-8(5-12-13)16-9-4-7(10(14)15)2-3-11-9/h2-6H,1H3,(H,14,15). The van der Waals surface area contributed by atoms with Crippen molar-refractivity contribution in [1.82, 2.24) is 14.8 Å². The van der Waals surface area contributed by atoms with Crippen LogP contribution in [0, 0.1) is 0 Å². The Balaban J connectivity index is 2.21. The molecule has 0 radical (unpaired) electrons. The van der Waals surface area contributed by atoms with E-state index in [9.17, 15) is 4.79 Å².